The Balaban J connectivity index is 1.71. The van der Waals surface area contributed by atoms with Crippen molar-refractivity contribution in [3.05, 3.63) is 30.3 Å². The van der Waals surface area contributed by atoms with Gasteiger partial charge >= 0.3 is 6.18 Å². The minimum absolute atomic E-state index is 0.0135. The van der Waals surface area contributed by atoms with Gasteiger partial charge in [0.05, 0.1) is 6.54 Å². The van der Waals surface area contributed by atoms with Gasteiger partial charge in [0.25, 0.3) is 0 Å². The zero-order chi connectivity index (χ0) is 18.3. The second-order valence-electron chi connectivity index (χ2n) is 6.24. The first-order valence-electron chi connectivity index (χ1n) is 8.40. The van der Waals surface area contributed by atoms with E-state index in [1.54, 1.807) is 7.05 Å². The number of hydrogen-bond acceptors (Lipinski definition) is 3. The van der Waals surface area contributed by atoms with Crippen LogP contribution in [-0.2, 0) is 0 Å². The van der Waals surface area contributed by atoms with Crippen LogP contribution in [0.4, 0.5) is 18.9 Å². The molecule has 1 atom stereocenters. The first kappa shape index (κ1) is 19.4. The highest BCUT2D eigenvalue weighted by Crippen LogP contribution is 2.19. The highest BCUT2D eigenvalue weighted by molar-refractivity contribution is 5.80. The molecule has 2 N–H and O–H groups in total. The predicted molar refractivity (Wildman–Crippen MR) is 95.1 cm³/mol. The van der Waals surface area contributed by atoms with Crippen molar-refractivity contribution in [3.8, 4) is 0 Å². The van der Waals surface area contributed by atoms with Gasteiger partial charge in [0.15, 0.2) is 5.96 Å². The van der Waals surface area contributed by atoms with Crippen LogP contribution in [0.25, 0.3) is 0 Å². The molecule has 1 unspecified atom stereocenters. The van der Waals surface area contributed by atoms with Crippen LogP contribution in [0.2, 0.25) is 0 Å². The average Bonchev–Trinajstić information content (AvgIpc) is 2.99. The maximum atomic E-state index is 12.4. The largest absolute Gasteiger partial charge is 0.401 e. The summed E-state index contributed by atoms with van der Waals surface area (Å²) in [6, 6.07) is 10.0. The molecular weight excluding hydrogens is 331 g/mol. The second-order valence-corrected chi connectivity index (χ2v) is 6.24. The van der Waals surface area contributed by atoms with Crippen LogP contribution in [0.5, 0.6) is 0 Å². The molecule has 0 bridgehead atoms. The van der Waals surface area contributed by atoms with Crippen LogP contribution < -0.4 is 15.5 Å². The molecule has 0 aliphatic carbocycles. The molecule has 140 valence electrons. The molecule has 1 aliphatic rings. The molecule has 1 fully saturated rings. The maximum absolute atomic E-state index is 12.4. The SMILES string of the molecule is CN=C(NCCN(C)c1ccccc1)NC1CCN(CC(F)(F)F)C1. The Hall–Kier alpha value is -1.96. The van der Waals surface area contributed by atoms with E-state index in [0.29, 0.717) is 32.0 Å². The molecule has 2 rings (SSSR count). The number of rotatable bonds is 6. The molecule has 0 spiro atoms. The Labute approximate surface area is 146 Å². The summed E-state index contributed by atoms with van der Waals surface area (Å²) in [6.07, 6.45) is -3.46. The lowest BCUT2D eigenvalue weighted by atomic mass is 10.3. The van der Waals surface area contributed by atoms with E-state index in [1.807, 2.05) is 37.4 Å². The summed E-state index contributed by atoms with van der Waals surface area (Å²) >= 11 is 0. The zero-order valence-electron chi connectivity index (χ0n) is 14.7. The van der Waals surface area contributed by atoms with Gasteiger partial charge in [0.1, 0.15) is 0 Å². The fourth-order valence-corrected chi connectivity index (χ4v) is 2.89. The smallest absolute Gasteiger partial charge is 0.373 e. The molecule has 0 amide bonds. The number of nitrogens with zero attached hydrogens (tertiary/aromatic N) is 3. The first-order chi connectivity index (χ1) is 11.9. The van der Waals surface area contributed by atoms with Crippen molar-refractivity contribution in [3.63, 3.8) is 0 Å². The number of alkyl halides is 3. The molecule has 1 aromatic carbocycles. The van der Waals surface area contributed by atoms with Crippen molar-refractivity contribution in [2.45, 2.75) is 18.6 Å². The molecule has 0 aromatic heterocycles. The quantitative estimate of drug-likeness (QED) is 0.603. The van der Waals surface area contributed by atoms with Crippen molar-refractivity contribution in [2.75, 3.05) is 51.7 Å². The summed E-state index contributed by atoms with van der Waals surface area (Å²) in [5, 5.41) is 6.42. The van der Waals surface area contributed by atoms with E-state index < -0.39 is 12.7 Å². The lowest BCUT2D eigenvalue weighted by Crippen LogP contribution is -2.46. The van der Waals surface area contributed by atoms with Gasteiger partial charge in [-0.3, -0.25) is 9.89 Å². The van der Waals surface area contributed by atoms with Crippen LogP contribution in [0.15, 0.2) is 35.3 Å². The van der Waals surface area contributed by atoms with Crippen LogP contribution in [0, 0.1) is 0 Å². The number of benzene rings is 1. The van der Waals surface area contributed by atoms with Gasteiger partial charge in [0, 0.05) is 52.0 Å². The second kappa shape index (κ2) is 8.94. The topological polar surface area (TPSA) is 42.9 Å². The van der Waals surface area contributed by atoms with Crippen molar-refractivity contribution in [2.24, 2.45) is 4.99 Å². The number of guanidine groups is 1. The minimum atomic E-state index is -4.14. The Morgan fingerprint density at radius 2 is 2.04 bits per heavy atom. The number of aliphatic imine (C=N–C) groups is 1. The molecule has 0 radical (unpaired) electrons. The molecular formula is C17H26F3N5. The van der Waals surface area contributed by atoms with Crippen LogP contribution >= 0.6 is 0 Å². The van der Waals surface area contributed by atoms with Gasteiger partial charge in [0.2, 0.25) is 0 Å². The van der Waals surface area contributed by atoms with Crippen molar-refractivity contribution in [1.82, 2.24) is 15.5 Å². The number of likely N-dealkylation sites (N-methyl/N-ethyl adjacent to an activating group) is 1. The third kappa shape index (κ3) is 6.81. The summed E-state index contributed by atoms with van der Waals surface area (Å²) in [6.45, 7) is 1.45. The van der Waals surface area contributed by atoms with E-state index in [2.05, 4.69) is 20.5 Å². The third-order valence-corrected chi connectivity index (χ3v) is 4.18. The standard InChI is InChI=1S/C17H26F3N5/c1-21-16(22-9-11-24(2)15-6-4-3-5-7-15)23-14-8-10-25(12-14)13-17(18,19)20/h3-7,14H,8-13H2,1-2H3,(H2,21,22,23). The molecule has 25 heavy (non-hydrogen) atoms. The van der Waals surface area contributed by atoms with Crippen LogP contribution in [0.3, 0.4) is 0 Å². The lowest BCUT2D eigenvalue weighted by molar-refractivity contribution is -0.143. The average molecular weight is 357 g/mol. The van der Waals surface area contributed by atoms with Crippen LogP contribution in [-0.4, -0.2) is 69.9 Å². The van der Waals surface area contributed by atoms with Crippen molar-refractivity contribution < 1.29 is 13.2 Å². The Morgan fingerprint density at radius 3 is 2.68 bits per heavy atom. The number of para-hydroxylation sites is 1. The number of likely N-dealkylation sites (tertiary alicyclic amines) is 1. The Kier molecular flexibility index (Phi) is 6.92. The molecule has 5 nitrogen and oxygen atoms in total. The van der Waals surface area contributed by atoms with Gasteiger partial charge in [-0.15, -0.1) is 0 Å². The Bertz CT molecular complexity index is 547. The third-order valence-electron chi connectivity index (χ3n) is 4.18. The Morgan fingerprint density at radius 1 is 1.32 bits per heavy atom. The fraction of sp³-hybridized carbons (Fsp3) is 0.588. The molecule has 1 aliphatic heterocycles. The number of anilines is 1. The van der Waals surface area contributed by atoms with Crippen LogP contribution in [0.1, 0.15) is 6.42 Å². The van der Waals surface area contributed by atoms with E-state index >= 15 is 0 Å². The summed E-state index contributed by atoms with van der Waals surface area (Å²) in [4.78, 5) is 7.71. The zero-order valence-corrected chi connectivity index (χ0v) is 14.7. The normalized spacial score (nSPS) is 19.1. The van der Waals surface area contributed by atoms with Gasteiger partial charge in [-0.2, -0.15) is 13.2 Å². The number of hydrogen-bond donors (Lipinski definition) is 2. The summed E-state index contributed by atoms with van der Waals surface area (Å²) in [5.74, 6) is 0.625. The van der Waals surface area contributed by atoms with Crippen molar-refractivity contribution in [1.29, 1.82) is 0 Å². The van der Waals surface area contributed by atoms with E-state index in [-0.39, 0.29) is 6.04 Å². The highest BCUT2D eigenvalue weighted by atomic mass is 19.4. The summed E-state index contributed by atoms with van der Waals surface area (Å²) in [5.41, 5.74) is 1.13. The summed E-state index contributed by atoms with van der Waals surface area (Å²) in [7, 11) is 3.68. The predicted octanol–water partition coefficient (Wildman–Crippen LogP) is 1.92. The maximum Gasteiger partial charge on any atom is 0.401 e. The molecule has 1 saturated heterocycles. The molecule has 1 aromatic rings. The highest BCUT2D eigenvalue weighted by Gasteiger charge is 2.34. The monoisotopic (exact) mass is 357 g/mol. The molecule has 8 heteroatoms. The van der Waals surface area contributed by atoms with Gasteiger partial charge in [-0.1, -0.05) is 18.2 Å². The number of halogens is 3. The lowest BCUT2D eigenvalue weighted by Gasteiger charge is -2.22. The van der Waals surface area contributed by atoms with E-state index in [1.165, 1.54) is 4.90 Å². The molecule has 1 heterocycles. The number of nitrogens with one attached hydrogen (secondary N) is 2. The first-order valence-corrected chi connectivity index (χ1v) is 8.40. The van der Waals surface area contributed by atoms with Gasteiger partial charge in [-0.05, 0) is 18.6 Å². The van der Waals surface area contributed by atoms with Gasteiger partial charge < -0.3 is 15.5 Å². The minimum Gasteiger partial charge on any atom is -0.373 e. The van der Waals surface area contributed by atoms with Crippen molar-refractivity contribution >= 4 is 11.6 Å². The van der Waals surface area contributed by atoms with E-state index in [4.69, 9.17) is 0 Å². The fourth-order valence-electron chi connectivity index (χ4n) is 2.89. The van der Waals surface area contributed by atoms with E-state index in [0.717, 1.165) is 12.2 Å². The molecule has 0 saturated carbocycles. The summed E-state index contributed by atoms with van der Waals surface area (Å²) < 4.78 is 37.3. The van der Waals surface area contributed by atoms with E-state index in [9.17, 15) is 13.2 Å². The van der Waals surface area contributed by atoms with Gasteiger partial charge in [-0.25, -0.2) is 0 Å².